The van der Waals surface area contributed by atoms with Gasteiger partial charge >= 0.3 is 12.1 Å². The number of halogens is 6. The first kappa shape index (κ1) is 17.1. The Morgan fingerprint density at radius 3 is 2.50 bits per heavy atom. The van der Waals surface area contributed by atoms with Crippen molar-refractivity contribution in [2.75, 3.05) is 6.61 Å². The summed E-state index contributed by atoms with van der Waals surface area (Å²) in [4.78, 5) is 14.4. The van der Waals surface area contributed by atoms with Gasteiger partial charge < -0.3 is 4.74 Å². The first-order chi connectivity index (χ1) is 9.16. The summed E-state index contributed by atoms with van der Waals surface area (Å²) in [6, 6.07) is 0.790. The van der Waals surface area contributed by atoms with E-state index < -0.39 is 45.5 Å². The number of ether oxygens (including phenoxy) is 1. The Hall–Kier alpha value is -1.00. The molecule has 0 aliphatic rings. The monoisotopic (exact) mass is 409 g/mol. The number of rotatable bonds is 4. The van der Waals surface area contributed by atoms with Crippen molar-refractivity contribution in [2.24, 2.45) is 0 Å². The molecule has 20 heavy (non-hydrogen) atoms. The lowest BCUT2D eigenvalue weighted by molar-refractivity contribution is -0.144. The fourth-order valence-electron chi connectivity index (χ4n) is 1.40. The number of carbonyl (C=O) groups excluding carboxylic acids is 1. The first-order valence-electron chi connectivity index (χ1n) is 5.37. The van der Waals surface area contributed by atoms with E-state index in [0.717, 1.165) is 6.07 Å². The molecular formula is C11H9F5INO2. The number of pyridine rings is 1. The molecule has 0 saturated carbocycles. The molecule has 0 fully saturated rings. The summed E-state index contributed by atoms with van der Waals surface area (Å²) in [5.41, 5.74) is -2.62. The van der Waals surface area contributed by atoms with Crippen LogP contribution in [0.4, 0.5) is 22.0 Å². The Kier molecular flexibility index (Phi) is 5.66. The summed E-state index contributed by atoms with van der Waals surface area (Å²) in [6.45, 7) is 1.56. The fraction of sp³-hybridized carbons (Fsp3) is 0.455. The van der Waals surface area contributed by atoms with Crippen LogP contribution in [-0.2, 0) is 22.1 Å². The summed E-state index contributed by atoms with van der Waals surface area (Å²) >= 11 is 1.17. The van der Waals surface area contributed by atoms with Crippen LogP contribution in [0.5, 0.6) is 0 Å². The zero-order valence-corrected chi connectivity index (χ0v) is 12.3. The molecule has 0 aliphatic carbocycles. The molecular weight excluding hydrogens is 400 g/mol. The zero-order chi connectivity index (χ0) is 15.5. The van der Waals surface area contributed by atoms with Crippen molar-refractivity contribution in [1.82, 2.24) is 4.98 Å². The molecule has 0 bridgehead atoms. The van der Waals surface area contributed by atoms with Crippen LogP contribution in [-0.4, -0.2) is 17.6 Å². The predicted octanol–water partition coefficient (Wildman–Crippen LogP) is 3.75. The van der Waals surface area contributed by atoms with Gasteiger partial charge in [-0.2, -0.15) is 13.2 Å². The molecule has 1 heterocycles. The van der Waals surface area contributed by atoms with Gasteiger partial charge in [0.2, 0.25) is 0 Å². The van der Waals surface area contributed by atoms with E-state index in [1.807, 2.05) is 0 Å². The van der Waals surface area contributed by atoms with Gasteiger partial charge in [-0.15, -0.1) is 0 Å². The van der Waals surface area contributed by atoms with Crippen LogP contribution >= 0.6 is 22.6 Å². The standard InChI is InChI=1S/C11H9F5INO2/c1-2-20-7(19)4-5-3-6(10(12)13)8(17)9(18-5)11(14,15)16/h3,10H,2,4H2,1H3. The molecule has 0 radical (unpaired) electrons. The SMILES string of the molecule is CCOC(=O)Cc1cc(C(F)F)c(I)c(C(F)(F)F)n1. The summed E-state index contributed by atoms with van der Waals surface area (Å²) in [6.07, 6.45) is -8.55. The number of alkyl halides is 5. The smallest absolute Gasteiger partial charge is 0.434 e. The lowest BCUT2D eigenvalue weighted by Crippen LogP contribution is -2.17. The highest BCUT2D eigenvalue weighted by Gasteiger charge is 2.37. The van der Waals surface area contributed by atoms with Crippen LogP contribution < -0.4 is 0 Å². The Labute approximate surface area is 124 Å². The minimum atomic E-state index is -4.87. The van der Waals surface area contributed by atoms with E-state index in [1.54, 1.807) is 0 Å². The van der Waals surface area contributed by atoms with Crippen molar-refractivity contribution in [3.05, 3.63) is 26.6 Å². The number of aromatic nitrogens is 1. The molecule has 1 rings (SSSR count). The van der Waals surface area contributed by atoms with Crippen molar-refractivity contribution < 1.29 is 31.5 Å². The molecule has 112 valence electrons. The average molecular weight is 409 g/mol. The first-order valence-corrected chi connectivity index (χ1v) is 6.45. The quantitative estimate of drug-likeness (QED) is 0.432. The van der Waals surface area contributed by atoms with Crippen LogP contribution in [0.1, 0.15) is 30.3 Å². The largest absolute Gasteiger partial charge is 0.466 e. The highest BCUT2D eigenvalue weighted by atomic mass is 127. The van der Waals surface area contributed by atoms with Crippen molar-refractivity contribution in [3.8, 4) is 0 Å². The second-order valence-corrected chi connectivity index (χ2v) is 4.72. The van der Waals surface area contributed by atoms with Gasteiger partial charge in [0.1, 0.15) is 0 Å². The van der Waals surface area contributed by atoms with E-state index in [1.165, 1.54) is 29.5 Å². The van der Waals surface area contributed by atoms with E-state index in [4.69, 9.17) is 0 Å². The number of nitrogens with zero attached hydrogens (tertiary/aromatic N) is 1. The van der Waals surface area contributed by atoms with Gasteiger partial charge in [-0.1, -0.05) is 0 Å². The Bertz CT molecular complexity index is 504. The average Bonchev–Trinajstić information content (AvgIpc) is 2.29. The second-order valence-electron chi connectivity index (χ2n) is 3.65. The highest BCUT2D eigenvalue weighted by Crippen LogP contribution is 2.36. The number of hydrogen-bond donors (Lipinski definition) is 0. The third-order valence-corrected chi connectivity index (χ3v) is 3.31. The van der Waals surface area contributed by atoms with Crippen LogP contribution in [0.3, 0.4) is 0 Å². The summed E-state index contributed by atoms with van der Waals surface area (Å²) in [5.74, 6) is -0.824. The van der Waals surface area contributed by atoms with Crippen molar-refractivity contribution >= 4 is 28.6 Å². The van der Waals surface area contributed by atoms with Gasteiger partial charge in [-0.3, -0.25) is 4.79 Å². The van der Waals surface area contributed by atoms with Crippen LogP contribution in [0, 0.1) is 3.57 Å². The van der Waals surface area contributed by atoms with Gasteiger partial charge in [0.15, 0.2) is 5.69 Å². The van der Waals surface area contributed by atoms with Gasteiger partial charge in [0, 0.05) is 5.56 Å². The van der Waals surface area contributed by atoms with Crippen molar-refractivity contribution in [2.45, 2.75) is 25.9 Å². The Morgan fingerprint density at radius 2 is 2.05 bits per heavy atom. The zero-order valence-electron chi connectivity index (χ0n) is 10.1. The van der Waals surface area contributed by atoms with Gasteiger partial charge in [0.05, 0.1) is 22.3 Å². The second kappa shape index (κ2) is 6.64. The molecule has 0 spiro atoms. The summed E-state index contributed by atoms with van der Waals surface area (Å²) in [5, 5.41) is 0. The van der Waals surface area contributed by atoms with Crippen LogP contribution in [0.25, 0.3) is 0 Å². The van der Waals surface area contributed by atoms with Gasteiger partial charge in [0.25, 0.3) is 6.43 Å². The van der Waals surface area contributed by atoms with Gasteiger partial charge in [-0.05, 0) is 35.6 Å². The van der Waals surface area contributed by atoms with Crippen LogP contribution in [0.15, 0.2) is 6.07 Å². The third kappa shape index (κ3) is 4.25. The molecule has 1 aromatic heterocycles. The molecule has 9 heteroatoms. The lowest BCUT2D eigenvalue weighted by Gasteiger charge is -2.14. The molecule has 0 aromatic carbocycles. The Morgan fingerprint density at radius 1 is 1.45 bits per heavy atom. The van der Waals surface area contributed by atoms with Gasteiger partial charge in [-0.25, -0.2) is 13.8 Å². The maximum absolute atomic E-state index is 12.7. The highest BCUT2D eigenvalue weighted by molar-refractivity contribution is 14.1. The maximum Gasteiger partial charge on any atom is 0.434 e. The number of carbonyl (C=O) groups is 1. The number of esters is 1. The molecule has 0 saturated heterocycles. The minimum Gasteiger partial charge on any atom is -0.466 e. The maximum atomic E-state index is 12.7. The Balaban J connectivity index is 3.26. The van der Waals surface area contributed by atoms with E-state index in [-0.39, 0.29) is 6.61 Å². The molecule has 0 amide bonds. The molecule has 0 N–H and O–H groups in total. The summed E-state index contributed by atoms with van der Waals surface area (Å²) in [7, 11) is 0. The molecule has 3 nitrogen and oxygen atoms in total. The normalized spacial score (nSPS) is 11.8. The minimum absolute atomic E-state index is 0.0387. The summed E-state index contributed by atoms with van der Waals surface area (Å²) < 4.78 is 67.6. The molecule has 0 atom stereocenters. The van der Waals surface area contributed by atoms with E-state index in [9.17, 15) is 26.7 Å². The molecule has 1 aromatic rings. The topological polar surface area (TPSA) is 39.2 Å². The predicted molar refractivity (Wildman–Crippen MR) is 67.3 cm³/mol. The van der Waals surface area contributed by atoms with Crippen molar-refractivity contribution in [1.29, 1.82) is 0 Å². The lowest BCUT2D eigenvalue weighted by atomic mass is 10.1. The van der Waals surface area contributed by atoms with Crippen LogP contribution in [0.2, 0.25) is 0 Å². The van der Waals surface area contributed by atoms with E-state index >= 15 is 0 Å². The molecule has 0 unspecified atom stereocenters. The molecule has 0 aliphatic heterocycles. The fourth-order valence-corrected chi connectivity index (χ4v) is 2.22. The van der Waals surface area contributed by atoms with E-state index in [2.05, 4.69) is 9.72 Å². The van der Waals surface area contributed by atoms with E-state index in [0.29, 0.717) is 0 Å². The number of hydrogen-bond acceptors (Lipinski definition) is 3. The van der Waals surface area contributed by atoms with Crippen molar-refractivity contribution in [3.63, 3.8) is 0 Å². The third-order valence-electron chi connectivity index (χ3n) is 2.17.